The van der Waals surface area contributed by atoms with Crippen molar-refractivity contribution in [3.63, 3.8) is 0 Å². The lowest BCUT2D eigenvalue weighted by molar-refractivity contribution is 0.0521. The number of nitrogens with zero attached hydrogens (tertiary/aromatic N) is 1. The summed E-state index contributed by atoms with van der Waals surface area (Å²) in [5.74, 6) is 0.387. The molecule has 1 saturated heterocycles. The van der Waals surface area contributed by atoms with Gasteiger partial charge in [0.25, 0.3) is 0 Å². The number of likely N-dealkylation sites (tertiary alicyclic amines) is 1. The van der Waals surface area contributed by atoms with E-state index in [9.17, 15) is 9.18 Å². The van der Waals surface area contributed by atoms with Gasteiger partial charge in [0.15, 0.2) is 0 Å². The zero-order valence-electron chi connectivity index (χ0n) is 15.0. The van der Waals surface area contributed by atoms with Gasteiger partial charge in [-0.2, -0.15) is 0 Å². The van der Waals surface area contributed by atoms with Crippen molar-refractivity contribution >= 4 is 6.09 Å². The van der Waals surface area contributed by atoms with Crippen LogP contribution in [0.5, 0.6) is 0 Å². The van der Waals surface area contributed by atoms with Gasteiger partial charge >= 0.3 is 6.09 Å². The van der Waals surface area contributed by atoms with Crippen LogP contribution in [-0.2, 0) is 11.3 Å². The number of piperidine rings is 1. The molecule has 0 saturated carbocycles. The number of carbonyl (C=O) groups excluding carboxylic acids is 1. The fraction of sp³-hybridized carbons (Fsp3) is 0.632. The lowest BCUT2D eigenvalue weighted by Gasteiger charge is -2.33. The van der Waals surface area contributed by atoms with Gasteiger partial charge in [-0.05, 0) is 70.2 Å². The topological polar surface area (TPSA) is 41.6 Å². The van der Waals surface area contributed by atoms with Crippen LogP contribution in [0, 0.1) is 11.7 Å². The molecule has 1 amide bonds. The van der Waals surface area contributed by atoms with E-state index in [-0.39, 0.29) is 11.9 Å². The van der Waals surface area contributed by atoms with Crippen molar-refractivity contribution in [2.75, 3.05) is 19.6 Å². The minimum Gasteiger partial charge on any atom is -0.444 e. The van der Waals surface area contributed by atoms with E-state index in [0.717, 1.165) is 38.0 Å². The first-order valence-electron chi connectivity index (χ1n) is 8.75. The highest BCUT2D eigenvalue weighted by Crippen LogP contribution is 2.21. The molecule has 0 bridgehead atoms. The fourth-order valence-corrected chi connectivity index (χ4v) is 3.07. The van der Waals surface area contributed by atoms with Crippen molar-refractivity contribution in [2.45, 2.75) is 52.2 Å². The van der Waals surface area contributed by atoms with Crippen molar-refractivity contribution in [3.05, 3.63) is 35.6 Å². The molecule has 1 aromatic rings. The lowest BCUT2D eigenvalue weighted by Crippen LogP contribution is -2.37. The Labute approximate surface area is 144 Å². The molecule has 0 spiro atoms. The van der Waals surface area contributed by atoms with Crippen LogP contribution >= 0.6 is 0 Å². The molecule has 0 aliphatic carbocycles. The molecule has 0 radical (unpaired) electrons. The van der Waals surface area contributed by atoms with Gasteiger partial charge in [0.05, 0.1) is 0 Å². The SMILES string of the molecule is CC(C)(C)OC(=O)NCCC1CCCN(Cc2ccc(F)cc2)C1. The molecule has 1 aromatic carbocycles. The molecule has 1 aliphatic rings. The molecule has 0 aromatic heterocycles. The Hall–Kier alpha value is -1.62. The molecule has 1 aliphatic heterocycles. The van der Waals surface area contributed by atoms with E-state index < -0.39 is 5.60 Å². The molecule has 1 unspecified atom stereocenters. The van der Waals surface area contributed by atoms with Crippen molar-refractivity contribution in [2.24, 2.45) is 5.92 Å². The summed E-state index contributed by atoms with van der Waals surface area (Å²) in [4.78, 5) is 14.1. The number of carbonyl (C=O) groups is 1. The Morgan fingerprint density at radius 1 is 1.33 bits per heavy atom. The van der Waals surface area contributed by atoms with Gasteiger partial charge in [0.1, 0.15) is 11.4 Å². The highest BCUT2D eigenvalue weighted by Gasteiger charge is 2.21. The molecule has 24 heavy (non-hydrogen) atoms. The predicted octanol–water partition coefficient (Wildman–Crippen LogP) is 3.95. The van der Waals surface area contributed by atoms with Crippen molar-refractivity contribution in [1.82, 2.24) is 10.2 Å². The van der Waals surface area contributed by atoms with Crippen LogP contribution in [0.25, 0.3) is 0 Å². The van der Waals surface area contributed by atoms with Gasteiger partial charge in [0, 0.05) is 19.6 Å². The third kappa shape index (κ3) is 6.87. The first-order chi connectivity index (χ1) is 11.3. The number of hydrogen-bond acceptors (Lipinski definition) is 3. The molecular weight excluding hydrogens is 307 g/mol. The highest BCUT2D eigenvalue weighted by atomic mass is 19.1. The smallest absolute Gasteiger partial charge is 0.407 e. The van der Waals surface area contributed by atoms with E-state index in [1.165, 1.54) is 18.6 Å². The Kier molecular flexibility index (Phi) is 6.60. The maximum Gasteiger partial charge on any atom is 0.407 e. The Morgan fingerprint density at radius 2 is 2.04 bits per heavy atom. The van der Waals surface area contributed by atoms with Gasteiger partial charge < -0.3 is 10.1 Å². The quantitative estimate of drug-likeness (QED) is 0.885. The summed E-state index contributed by atoms with van der Waals surface area (Å²) in [6, 6.07) is 6.73. The minimum atomic E-state index is -0.457. The summed E-state index contributed by atoms with van der Waals surface area (Å²) in [7, 11) is 0. The number of ether oxygens (including phenoxy) is 1. The minimum absolute atomic E-state index is 0.191. The molecule has 4 nitrogen and oxygen atoms in total. The third-order valence-electron chi connectivity index (χ3n) is 4.14. The summed E-state index contributed by atoms with van der Waals surface area (Å²) in [5.41, 5.74) is 0.685. The van der Waals surface area contributed by atoms with Crippen molar-refractivity contribution < 1.29 is 13.9 Å². The molecule has 1 fully saturated rings. The number of alkyl carbamates (subject to hydrolysis) is 1. The zero-order chi connectivity index (χ0) is 17.6. The summed E-state index contributed by atoms with van der Waals surface area (Å²) in [6.45, 7) is 9.18. The van der Waals surface area contributed by atoms with E-state index >= 15 is 0 Å². The standard InChI is InChI=1S/C19H29FN2O2/c1-19(2,3)24-18(23)21-11-10-15-5-4-12-22(13-15)14-16-6-8-17(20)9-7-16/h6-9,15H,4-5,10-14H2,1-3H3,(H,21,23). The number of hydrogen-bond donors (Lipinski definition) is 1. The van der Waals surface area contributed by atoms with Crippen LogP contribution in [0.15, 0.2) is 24.3 Å². The average Bonchev–Trinajstić information content (AvgIpc) is 2.48. The van der Waals surface area contributed by atoms with Gasteiger partial charge in [-0.1, -0.05) is 12.1 Å². The second kappa shape index (κ2) is 8.47. The van der Waals surface area contributed by atoms with E-state index in [1.807, 2.05) is 32.9 Å². The van der Waals surface area contributed by atoms with E-state index in [0.29, 0.717) is 12.5 Å². The predicted molar refractivity (Wildman–Crippen MR) is 93.3 cm³/mol. The molecule has 1 N–H and O–H groups in total. The number of rotatable bonds is 5. The summed E-state index contributed by atoms with van der Waals surface area (Å²) in [6.07, 6.45) is 2.97. The van der Waals surface area contributed by atoms with Gasteiger partial charge in [0.2, 0.25) is 0 Å². The van der Waals surface area contributed by atoms with E-state index in [2.05, 4.69) is 10.2 Å². The summed E-state index contributed by atoms with van der Waals surface area (Å²) >= 11 is 0. The maximum atomic E-state index is 13.0. The molecule has 1 heterocycles. The van der Waals surface area contributed by atoms with E-state index in [4.69, 9.17) is 4.74 Å². The maximum absolute atomic E-state index is 13.0. The van der Waals surface area contributed by atoms with Gasteiger partial charge in [-0.3, -0.25) is 4.90 Å². The number of nitrogens with one attached hydrogen (secondary N) is 1. The fourth-order valence-electron chi connectivity index (χ4n) is 3.07. The Morgan fingerprint density at radius 3 is 2.71 bits per heavy atom. The number of amides is 1. The zero-order valence-corrected chi connectivity index (χ0v) is 15.0. The van der Waals surface area contributed by atoms with Crippen LogP contribution in [0.4, 0.5) is 9.18 Å². The lowest BCUT2D eigenvalue weighted by atomic mass is 9.94. The summed E-state index contributed by atoms with van der Waals surface area (Å²) < 4.78 is 18.2. The molecule has 2 rings (SSSR count). The Balaban J connectivity index is 1.71. The molecule has 134 valence electrons. The van der Waals surface area contributed by atoms with Crippen LogP contribution in [0.2, 0.25) is 0 Å². The highest BCUT2D eigenvalue weighted by molar-refractivity contribution is 5.67. The summed E-state index contributed by atoms with van der Waals surface area (Å²) in [5, 5.41) is 2.84. The largest absolute Gasteiger partial charge is 0.444 e. The second-order valence-electron chi connectivity index (χ2n) is 7.59. The monoisotopic (exact) mass is 336 g/mol. The third-order valence-corrected chi connectivity index (χ3v) is 4.14. The number of benzene rings is 1. The van der Waals surface area contributed by atoms with Crippen LogP contribution < -0.4 is 5.32 Å². The Bertz CT molecular complexity index is 525. The number of halogens is 1. The van der Waals surface area contributed by atoms with Crippen LogP contribution in [0.3, 0.4) is 0 Å². The first-order valence-corrected chi connectivity index (χ1v) is 8.75. The molecular formula is C19H29FN2O2. The second-order valence-corrected chi connectivity index (χ2v) is 7.59. The van der Waals surface area contributed by atoms with Crippen molar-refractivity contribution in [1.29, 1.82) is 0 Å². The average molecular weight is 336 g/mol. The first kappa shape index (κ1) is 18.7. The van der Waals surface area contributed by atoms with Crippen LogP contribution in [0.1, 0.15) is 45.6 Å². The van der Waals surface area contributed by atoms with Crippen LogP contribution in [-0.4, -0.2) is 36.2 Å². The van der Waals surface area contributed by atoms with Crippen molar-refractivity contribution in [3.8, 4) is 0 Å². The van der Waals surface area contributed by atoms with Gasteiger partial charge in [-0.15, -0.1) is 0 Å². The molecule has 1 atom stereocenters. The molecule has 5 heteroatoms. The normalized spacial score (nSPS) is 19.1. The van der Waals surface area contributed by atoms with E-state index in [1.54, 1.807) is 0 Å². The van der Waals surface area contributed by atoms with Gasteiger partial charge in [-0.25, -0.2) is 9.18 Å².